The van der Waals surface area contributed by atoms with Crippen LogP contribution in [0.15, 0.2) is 60.7 Å². The van der Waals surface area contributed by atoms with Crippen molar-refractivity contribution in [2.75, 3.05) is 0 Å². The predicted molar refractivity (Wildman–Crippen MR) is 105 cm³/mol. The van der Waals surface area contributed by atoms with Crippen LogP contribution in [0.2, 0.25) is 6.04 Å². The van der Waals surface area contributed by atoms with Crippen LogP contribution in [0.3, 0.4) is 0 Å². The Morgan fingerprint density at radius 2 is 1.27 bits per heavy atom. The summed E-state index contributed by atoms with van der Waals surface area (Å²) in [4.78, 5) is 0. The van der Waals surface area contributed by atoms with E-state index in [0.717, 1.165) is 12.0 Å². The van der Waals surface area contributed by atoms with Gasteiger partial charge in [0, 0.05) is 0 Å². The summed E-state index contributed by atoms with van der Waals surface area (Å²) < 4.78 is 0. The average molecular weight is 429 g/mol. The first kappa shape index (κ1) is 18.7. The van der Waals surface area contributed by atoms with Gasteiger partial charge in [-0.05, 0) is 23.6 Å². The lowest BCUT2D eigenvalue weighted by Crippen LogP contribution is -2.51. The summed E-state index contributed by atoms with van der Waals surface area (Å²) >= 11 is 33.1. The van der Waals surface area contributed by atoms with Gasteiger partial charge in [-0.3, -0.25) is 0 Å². The minimum Gasteiger partial charge on any atom is -0.146 e. The smallest absolute Gasteiger partial charge is 0.146 e. The number of benzene rings is 2. The maximum absolute atomic E-state index is 6.65. The lowest BCUT2D eigenvalue weighted by molar-refractivity contribution is 1.12. The van der Waals surface area contributed by atoms with Gasteiger partial charge < -0.3 is 0 Å². The third-order valence-electron chi connectivity index (χ3n) is 3.47. The average Bonchev–Trinajstić information content (AvgIpc) is 2.54. The SMILES string of the molecule is ClC(c1ccccc1)[Si](Cl)(Cl)[Si](Cl)(Cl)CCc1ccccc1. The Morgan fingerprint density at radius 3 is 1.82 bits per heavy atom. The van der Waals surface area contributed by atoms with E-state index in [2.05, 4.69) is 0 Å². The van der Waals surface area contributed by atoms with Crippen molar-refractivity contribution in [3.63, 3.8) is 0 Å². The first-order chi connectivity index (χ1) is 10.3. The van der Waals surface area contributed by atoms with Gasteiger partial charge in [-0.15, -0.1) is 55.9 Å². The van der Waals surface area contributed by atoms with E-state index in [4.69, 9.17) is 55.9 Å². The molecule has 1 atom stereocenters. The van der Waals surface area contributed by atoms with Gasteiger partial charge in [-0.1, -0.05) is 60.7 Å². The Balaban J connectivity index is 2.12. The molecule has 0 amide bonds. The number of rotatable bonds is 6. The minimum atomic E-state index is -3.05. The molecule has 1 unspecified atom stereocenters. The molecule has 118 valence electrons. The van der Waals surface area contributed by atoms with E-state index in [-0.39, 0.29) is 0 Å². The minimum absolute atomic E-state index is 0.519. The summed E-state index contributed by atoms with van der Waals surface area (Å²) in [7, 11) is 0. The second-order valence-electron chi connectivity index (χ2n) is 5.09. The van der Waals surface area contributed by atoms with Crippen molar-refractivity contribution in [3.8, 4) is 0 Å². The Bertz CT molecular complexity index is 589. The third kappa shape index (κ3) is 4.44. The monoisotopic (exact) mass is 426 g/mol. The van der Waals surface area contributed by atoms with E-state index in [1.54, 1.807) is 0 Å². The normalized spacial score (nSPS) is 13.9. The van der Waals surface area contributed by atoms with E-state index in [1.165, 1.54) is 5.56 Å². The Hall–Kier alpha value is 0.324. The molecule has 2 rings (SSSR count). The maximum Gasteiger partial charge on any atom is 0.294 e. The molecule has 0 aliphatic heterocycles. The van der Waals surface area contributed by atoms with Crippen LogP contribution in [0, 0.1) is 0 Å². The molecule has 0 radical (unpaired) electrons. The third-order valence-corrected chi connectivity index (χ3v) is 30.4. The summed E-state index contributed by atoms with van der Waals surface area (Å²) in [6, 6.07) is 20.1. The standard InChI is InChI=1S/C15H15Cl5Si2/c16-15(14-9-5-2-6-10-14)22(19,20)21(17,18)12-11-13-7-3-1-4-8-13/h1-10,15H,11-12H2. The van der Waals surface area contributed by atoms with E-state index >= 15 is 0 Å². The zero-order valence-corrected chi connectivity index (χ0v) is 17.4. The van der Waals surface area contributed by atoms with Crippen LogP contribution in [0.1, 0.15) is 16.1 Å². The molecule has 0 saturated carbocycles. The van der Waals surface area contributed by atoms with E-state index < -0.39 is 17.4 Å². The van der Waals surface area contributed by atoms with Crippen LogP contribution in [0.5, 0.6) is 0 Å². The van der Waals surface area contributed by atoms with Gasteiger partial charge in [-0.25, -0.2) is 0 Å². The summed E-state index contributed by atoms with van der Waals surface area (Å²) in [6.45, 7) is 0. The zero-order valence-electron chi connectivity index (χ0n) is 11.7. The number of halogens is 5. The molecule has 2 aromatic carbocycles. The van der Waals surface area contributed by atoms with Gasteiger partial charge in [0.15, 0.2) is 0 Å². The van der Waals surface area contributed by atoms with Gasteiger partial charge in [0.05, 0.1) is 5.00 Å². The van der Waals surface area contributed by atoms with Crippen LogP contribution in [0.4, 0.5) is 0 Å². The van der Waals surface area contributed by atoms with Crippen LogP contribution >= 0.6 is 55.9 Å². The van der Waals surface area contributed by atoms with Crippen LogP contribution in [-0.4, -0.2) is 12.4 Å². The van der Waals surface area contributed by atoms with Gasteiger partial charge in [0.25, 0.3) is 12.4 Å². The van der Waals surface area contributed by atoms with Gasteiger partial charge in [0.2, 0.25) is 0 Å². The number of alkyl halides is 1. The van der Waals surface area contributed by atoms with Gasteiger partial charge in [0.1, 0.15) is 0 Å². The molecular formula is C15H15Cl5Si2. The largest absolute Gasteiger partial charge is 0.294 e. The molecule has 0 aliphatic carbocycles. The van der Waals surface area contributed by atoms with E-state index in [1.807, 2.05) is 60.7 Å². The summed E-state index contributed by atoms with van der Waals surface area (Å²) in [5.41, 5.74) is 2.04. The molecule has 0 saturated heterocycles. The van der Waals surface area contributed by atoms with Crippen LogP contribution in [-0.2, 0) is 6.42 Å². The van der Waals surface area contributed by atoms with Crippen molar-refractivity contribution in [1.29, 1.82) is 0 Å². The molecule has 0 fully saturated rings. The van der Waals surface area contributed by atoms with Crippen molar-refractivity contribution in [2.45, 2.75) is 17.5 Å². The number of hydrogen-bond acceptors (Lipinski definition) is 0. The molecule has 22 heavy (non-hydrogen) atoms. The van der Waals surface area contributed by atoms with Crippen LogP contribution < -0.4 is 0 Å². The van der Waals surface area contributed by atoms with Crippen molar-refractivity contribution in [1.82, 2.24) is 0 Å². The van der Waals surface area contributed by atoms with Crippen LogP contribution in [0.25, 0.3) is 0 Å². The molecule has 7 heteroatoms. The molecule has 0 heterocycles. The first-order valence-corrected chi connectivity index (χ1v) is 16.6. The van der Waals surface area contributed by atoms with Gasteiger partial charge >= 0.3 is 0 Å². The van der Waals surface area contributed by atoms with Gasteiger partial charge in [-0.2, -0.15) is 0 Å². The van der Waals surface area contributed by atoms with E-state index in [9.17, 15) is 0 Å². The van der Waals surface area contributed by atoms with Crippen molar-refractivity contribution >= 4 is 68.3 Å². The highest BCUT2D eigenvalue weighted by Crippen LogP contribution is 2.48. The maximum atomic E-state index is 6.65. The highest BCUT2D eigenvalue weighted by Gasteiger charge is 2.58. The molecule has 0 N–H and O–H groups in total. The Morgan fingerprint density at radius 1 is 0.773 bits per heavy atom. The molecule has 0 aromatic heterocycles. The lowest BCUT2D eigenvalue weighted by atomic mass is 10.2. The molecule has 0 aliphatic rings. The zero-order chi connectivity index (χ0) is 16.2. The molecule has 0 nitrogen and oxygen atoms in total. The summed E-state index contributed by atoms with van der Waals surface area (Å²) in [6.07, 6.45) is -5.17. The Kier molecular flexibility index (Phi) is 6.73. The highest BCUT2D eigenvalue weighted by molar-refractivity contribution is 7.93. The fourth-order valence-corrected chi connectivity index (χ4v) is 14.8. The lowest BCUT2D eigenvalue weighted by Gasteiger charge is -2.32. The summed E-state index contributed by atoms with van der Waals surface area (Å²) in [5.74, 6) is 0. The molecule has 2 aromatic rings. The predicted octanol–water partition coefficient (Wildman–Crippen LogP) is 6.67. The number of hydrogen-bond donors (Lipinski definition) is 0. The second-order valence-corrected chi connectivity index (χ2v) is 27.0. The molecule has 0 bridgehead atoms. The number of aryl methyl sites for hydroxylation is 1. The summed E-state index contributed by atoms with van der Waals surface area (Å²) in [5, 5.41) is -0.519. The molecular weight excluding hydrogens is 414 g/mol. The topological polar surface area (TPSA) is 0 Å². The second kappa shape index (κ2) is 7.93. The fourth-order valence-electron chi connectivity index (χ4n) is 2.13. The van der Waals surface area contributed by atoms with E-state index in [0.29, 0.717) is 6.04 Å². The fraction of sp³-hybridized carbons (Fsp3) is 0.200. The molecule has 0 spiro atoms. The van der Waals surface area contributed by atoms with Crippen molar-refractivity contribution in [2.24, 2.45) is 0 Å². The Labute approximate surface area is 156 Å². The first-order valence-electron chi connectivity index (χ1n) is 6.83. The quantitative estimate of drug-likeness (QED) is 0.274. The van der Waals surface area contributed by atoms with Crippen molar-refractivity contribution < 1.29 is 0 Å². The van der Waals surface area contributed by atoms with Crippen molar-refractivity contribution in [3.05, 3.63) is 71.8 Å². The highest BCUT2D eigenvalue weighted by atomic mass is 35.8.